The van der Waals surface area contributed by atoms with Crippen LogP contribution in [0.15, 0.2) is 48.7 Å². The summed E-state index contributed by atoms with van der Waals surface area (Å²) in [7, 11) is 0. The van der Waals surface area contributed by atoms with Gasteiger partial charge in [0.05, 0.1) is 0 Å². The van der Waals surface area contributed by atoms with Gasteiger partial charge in [0.2, 0.25) is 11.8 Å². The summed E-state index contributed by atoms with van der Waals surface area (Å²) in [4.78, 5) is 29.2. The Balaban J connectivity index is 1.37. The van der Waals surface area contributed by atoms with Crippen molar-refractivity contribution in [2.24, 2.45) is 0 Å². The number of nitrogens with one attached hydrogen (secondary N) is 2. The van der Waals surface area contributed by atoms with E-state index in [4.69, 9.17) is 9.47 Å². The number of aromatic amines is 1. The summed E-state index contributed by atoms with van der Waals surface area (Å²) in [5, 5.41) is 4.06. The van der Waals surface area contributed by atoms with Crippen molar-refractivity contribution in [3.8, 4) is 11.5 Å². The maximum Gasteiger partial charge on any atom is 0.240 e. The fourth-order valence-electron chi connectivity index (χ4n) is 3.46. The molecule has 7 nitrogen and oxygen atoms in total. The molecule has 0 fully saturated rings. The number of anilines is 1. The fraction of sp³-hybridized carbons (Fsp3) is 0.273. The van der Waals surface area contributed by atoms with Crippen LogP contribution < -0.4 is 19.7 Å². The molecule has 2 amide bonds. The molecule has 0 radical (unpaired) electrons. The normalized spacial score (nSPS) is 12.6. The molecule has 0 bridgehead atoms. The van der Waals surface area contributed by atoms with E-state index in [0.717, 1.165) is 16.5 Å². The number of carbonyl (C=O) groups excluding carboxylic acids is 2. The summed E-state index contributed by atoms with van der Waals surface area (Å²) < 4.78 is 11.1. The highest BCUT2D eigenvalue weighted by Crippen LogP contribution is 2.34. The molecule has 0 spiro atoms. The minimum Gasteiger partial charge on any atom is -0.486 e. The van der Waals surface area contributed by atoms with Crippen LogP contribution in [0.5, 0.6) is 11.5 Å². The molecule has 1 aromatic heterocycles. The van der Waals surface area contributed by atoms with Crippen LogP contribution in [0, 0.1) is 0 Å². The molecule has 2 aromatic carbocycles. The monoisotopic (exact) mass is 393 g/mol. The van der Waals surface area contributed by atoms with Crippen LogP contribution in [0.4, 0.5) is 5.69 Å². The SMILES string of the molecule is CC(=O)N(CC(=O)NCCc1c[nH]c2ccccc12)c1ccc2c(c1)OCCO2. The topological polar surface area (TPSA) is 83.7 Å². The second-order valence-corrected chi connectivity index (χ2v) is 6.89. The van der Waals surface area contributed by atoms with Crippen LogP contribution >= 0.6 is 0 Å². The van der Waals surface area contributed by atoms with Crippen LogP contribution in [-0.2, 0) is 16.0 Å². The van der Waals surface area contributed by atoms with Crippen LogP contribution in [0.1, 0.15) is 12.5 Å². The zero-order valence-corrected chi connectivity index (χ0v) is 16.2. The molecule has 150 valence electrons. The first-order chi connectivity index (χ1) is 14.1. The van der Waals surface area contributed by atoms with E-state index in [-0.39, 0.29) is 18.4 Å². The largest absolute Gasteiger partial charge is 0.486 e. The molecule has 29 heavy (non-hydrogen) atoms. The third kappa shape index (κ3) is 4.18. The molecule has 0 unspecified atom stereocenters. The van der Waals surface area contributed by atoms with Gasteiger partial charge in [-0.15, -0.1) is 0 Å². The molecule has 3 aromatic rings. The third-order valence-corrected chi connectivity index (χ3v) is 4.91. The number of aromatic nitrogens is 1. The van der Waals surface area contributed by atoms with Crippen LogP contribution in [0.2, 0.25) is 0 Å². The minimum absolute atomic E-state index is 0.0527. The average molecular weight is 393 g/mol. The van der Waals surface area contributed by atoms with Crippen molar-refractivity contribution in [1.82, 2.24) is 10.3 Å². The van der Waals surface area contributed by atoms with Gasteiger partial charge in [0.25, 0.3) is 0 Å². The molecular weight excluding hydrogens is 370 g/mol. The maximum atomic E-state index is 12.4. The lowest BCUT2D eigenvalue weighted by Gasteiger charge is -2.24. The number of ether oxygens (including phenoxy) is 2. The molecule has 2 N–H and O–H groups in total. The van der Waals surface area contributed by atoms with Gasteiger partial charge in [-0.3, -0.25) is 9.59 Å². The van der Waals surface area contributed by atoms with Gasteiger partial charge in [-0.1, -0.05) is 18.2 Å². The van der Waals surface area contributed by atoms with Crippen LogP contribution in [0.3, 0.4) is 0 Å². The second-order valence-electron chi connectivity index (χ2n) is 6.89. The van der Waals surface area contributed by atoms with Gasteiger partial charge < -0.3 is 24.7 Å². The Morgan fingerprint density at radius 3 is 2.72 bits per heavy atom. The van der Waals surface area contributed by atoms with E-state index in [2.05, 4.69) is 16.4 Å². The average Bonchev–Trinajstić information content (AvgIpc) is 3.15. The predicted molar refractivity (Wildman–Crippen MR) is 110 cm³/mol. The highest BCUT2D eigenvalue weighted by atomic mass is 16.6. The fourth-order valence-corrected chi connectivity index (χ4v) is 3.46. The molecular formula is C22H23N3O4. The molecule has 0 atom stereocenters. The molecule has 4 rings (SSSR count). The Morgan fingerprint density at radius 2 is 1.90 bits per heavy atom. The summed E-state index contributed by atoms with van der Waals surface area (Å²) in [5.74, 6) is 0.801. The lowest BCUT2D eigenvalue weighted by Crippen LogP contribution is -2.40. The minimum atomic E-state index is -0.214. The summed E-state index contributed by atoms with van der Waals surface area (Å²) in [6.45, 7) is 2.85. The molecule has 1 aliphatic rings. The van der Waals surface area contributed by atoms with E-state index in [1.54, 1.807) is 18.2 Å². The highest BCUT2D eigenvalue weighted by Gasteiger charge is 2.19. The van der Waals surface area contributed by atoms with Crippen molar-refractivity contribution in [2.45, 2.75) is 13.3 Å². The Morgan fingerprint density at radius 1 is 1.10 bits per heavy atom. The van der Waals surface area contributed by atoms with Gasteiger partial charge in [-0.05, 0) is 30.2 Å². The molecule has 0 saturated heterocycles. The first-order valence-corrected chi connectivity index (χ1v) is 9.61. The van der Waals surface area contributed by atoms with Gasteiger partial charge in [0.15, 0.2) is 11.5 Å². The van der Waals surface area contributed by atoms with E-state index < -0.39 is 0 Å². The number of rotatable bonds is 6. The zero-order valence-electron chi connectivity index (χ0n) is 16.2. The van der Waals surface area contributed by atoms with Crippen molar-refractivity contribution in [3.63, 3.8) is 0 Å². The number of nitrogens with zero attached hydrogens (tertiary/aromatic N) is 1. The number of amides is 2. The van der Waals surface area contributed by atoms with Crippen molar-refractivity contribution in [2.75, 3.05) is 31.2 Å². The third-order valence-electron chi connectivity index (χ3n) is 4.91. The Labute approximate surface area is 168 Å². The van der Waals surface area contributed by atoms with Crippen molar-refractivity contribution in [3.05, 3.63) is 54.2 Å². The Hall–Kier alpha value is -3.48. The lowest BCUT2D eigenvalue weighted by molar-refractivity contribution is -0.123. The summed E-state index contributed by atoms with van der Waals surface area (Å²) in [6.07, 6.45) is 2.67. The maximum absolute atomic E-state index is 12.4. The van der Waals surface area contributed by atoms with Crippen molar-refractivity contribution in [1.29, 1.82) is 0 Å². The molecule has 0 saturated carbocycles. The van der Waals surface area contributed by atoms with Crippen molar-refractivity contribution >= 4 is 28.4 Å². The quantitative estimate of drug-likeness (QED) is 0.674. The number of hydrogen-bond acceptors (Lipinski definition) is 4. The van der Waals surface area contributed by atoms with E-state index in [1.165, 1.54) is 11.8 Å². The summed E-state index contributed by atoms with van der Waals surface area (Å²) >= 11 is 0. The number of carbonyl (C=O) groups is 2. The number of benzene rings is 2. The number of fused-ring (bicyclic) bond motifs is 2. The van der Waals surface area contributed by atoms with Crippen LogP contribution in [-0.4, -0.2) is 43.1 Å². The first-order valence-electron chi connectivity index (χ1n) is 9.61. The molecule has 2 heterocycles. The molecule has 1 aliphatic heterocycles. The molecule has 0 aliphatic carbocycles. The summed E-state index contributed by atoms with van der Waals surface area (Å²) in [5.41, 5.74) is 2.83. The summed E-state index contributed by atoms with van der Waals surface area (Å²) in [6, 6.07) is 13.3. The lowest BCUT2D eigenvalue weighted by atomic mass is 10.1. The van der Waals surface area contributed by atoms with Gasteiger partial charge in [0, 0.05) is 42.3 Å². The zero-order chi connectivity index (χ0) is 20.2. The standard InChI is InChI=1S/C22H23N3O4/c1-15(26)25(17-6-7-20-21(12-17)29-11-10-28-20)14-22(27)23-9-8-16-13-24-19-5-3-2-4-18(16)19/h2-7,12-13,24H,8-11,14H2,1H3,(H,23,27). The van der Waals surface area contributed by atoms with Crippen LogP contribution in [0.25, 0.3) is 10.9 Å². The van der Waals surface area contributed by atoms with Crippen molar-refractivity contribution < 1.29 is 19.1 Å². The number of hydrogen-bond donors (Lipinski definition) is 2. The Kier molecular flexibility index (Phi) is 5.37. The van der Waals surface area contributed by atoms with E-state index in [9.17, 15) is 9.59 Å². The second kappa shape index (κ2) is 8.26. The van der Waals surface area contributed by atoms with E-state index in [1.807, 2.05) is 24.4 Å². The Bertz CT molecular complexity index is 1040. The van der Waals surface area contributed by atoms with Gasteiger partial charge in [0.1, 0.15) is 19.8 Å². The van der Waals surface area contributed by atoms with E-state index in [0.29, 0.717) is 43.4 Å². The van der Waals surface area contributed by atoms with Gasteiger partial charge >= 0.3 is 0 Å². The number of para-hydroxylation sites is 1. The predicted octanol–water partition coefficient (Wildman–Crippen LogP) is 2.65. The van der Waals surface area contributed by atoms with Gasteiger partial charge in [-0.2, -0.15) is 0 Å². The van der Waals surface area contributed by atoms with E-state index >= 15 is 0 Å². The molecule has 7 heteroatoms. The number of H-pyrrole nitrogens is 1. The highest BCUT2D eigenvalue weighted by molar-refractivity contribution is 5.97. The first kappa shape index (κ1) is 18.9. The van der Waals surface area contributed by atoms with Gasteiger partial charge in [-0.25, -0.2) is 0 Å². The smallest absolute Gasteiger partial charge is 0.240 e.